The first kappa shape index (κ1) is 21.2. The van der Waals surface area contributed by atoms with E-state index in [1.54, 1.807) is 0 Å². The topological polar surface area (TPSA) is 46.1 Å². The molecule has 4 heterocycles. The molecular weight excluding hydrogens is 427 g/mol. The highest BCUT2D eigenvalue weighted by atomic mass is 127. The third-order valence-corrected chi connectivity index (χ3v) is 5.89. The number of nitrogens with zero attached hydrogens (tertiary/aromatic N) is 4. The highest BCUT2D eigenvalue weighted by molar-refractivity contribution is 14.0. The molecule has 2 N–H and O–H groups in total. The molecule has 0 aromatic heterocycles. The zero-order valence-corrected chi connectivity index (χ0v) is 18.7. The fourth-order valence-electron chi connectivity index (χ4n) is 4.20. The van der Waals surface area contributed by atoms with E-state index in [9.17, 15) is 0 Å². The lowest BCUT2D eigenvalue weighted by Gasteiger charge is -2.47. The molecule has 4 rings (SSSR count). The van der Waals surface area contributed by atoms with Crippen LogP contribution in [-0.4, -0.2) is 97.7 Å². The molecule has 3 atom stereocenters. The fourth-order valence-corrected chi connectivity index (χ4v) is 4.20. The van der Waals surface area contributed by atoms with Gasteiger partial charge in [-0.1, -0.05) is 6.92 Å². The predicted octanol–water partition coefficient (Wildman–Crippen LogP) is 0.888. The quantitative estimate of drug-likeness (QED) is 0.360. The molecule has 0 aromatic rings. The van der Waals surface area contributed by atoms with E-state index >= 15 is 0 Å². The maximum Gasteiger partial charge on any atom is 0.191 e. The molecule has 4 aliphatic heterocycles. The molecule has 146 valence electrons. The van der Waals surface area contributed by atoms with Crippen LogP contribution in [0.15, 0.2) is 4.99 Å². The van der Waals surface area contributed by atoms with E-state index in [0.717, 1.165) is 25.6 Å². The predicted molar refractivity (Wildman–Crippen MR) is 116 cm³/mol. The first-order valence-corrected chi connectivity index (χ1v) is 9.82. The number of hydrogen-bond acceptors (Lipinski definition) is 4. The summed E-state index contributed by atoms with van der Waals surface area (Å²) in [5, 5.41) is 7.15. The minimum atomic E-state index is 0. The van der Waals surface area contributed by atoms with E-state index in [4.69, 9.17) is 4.99 Å². The van der Waals surface area contributed by atoms with Gasteiger partial charge in [-0.05, 0) is 26.7 Å². The molecule has 4 fully saturated rings. The van der Waals surface area contributed by atoms with Gasteiger partial charge in [0, 0.05) is 70.5 Å². The lowest BCUT2D eigenvalue weighted by Crippen LogP contribution is -2.62. The maximum atomic E-state index is 4.93. The van der Waals surface area contributed by atoms with Crippen molar-refractivity contribution in [3.05, 3.63) is 0 Å². The van der Waals surface area contributed by atoms with Gasteiger partial charge in [0.1, 0.15) is 0 Å². The van der Waals surface area contributed by atoms with Crippen LogP contribution in [0.3, 0.4) is 0 Å². The third-order valence-electron chi connectivity index (χ3n) is 5.89. The molecule has 2 bridgehead atoms. The van der Waals surface area contributed by atoms with Crippen LogP contribution in [0.25, 0.3) is 0 Å². The van der Waals surface area contributed by atoms with Gasteiger partial charge in [-0.25, -0.2) is 0 Å². The second-order valence-corrected chi connectivity index (χ2v) is 7.99. The second kappa shape index (κ2) is 9.71. The van der Waals surface area contributed by atoms with E-state index in [1.165, 1.54) is 39.3 Å². The molecule has 4 aliphatic rings. The highest BCUT2D eigenvalue weighted by Gasteiger charge is 2.33. The van der Waals surface area contributed by atoms with E-state index in [-0.39, 0.29) is 24.0 Å². The number of hydrogen-bond donors (Lipinski definition) is 2. The van der Waals surface area contributed by atoms with Crippen molar-refractivity contribution in [2.45, 2.75) is 45.8 Å². The lowest BCUT2D eigenvalue weighted by atomic mass is 10.1. The zero-order chi connectivity index (χ0) is 17.1. The van der Waals surface area contributed by atoms with Crippen molar-refractivity contribution in [3.8, 4) is 0 Å². The van der Waals surface area contributed by atoms with Gasteiger partial charge < -0.3 is 10.6 Å². The Labute approximate surface area is 170 Å². The Bertz CT molecular complexity index is 435. The molecule has 0 spiro atoms. The molecule has 0 aromatic carbocycles. The fraction of sp³-hybridized carbons (Fsp3) is 0.944. The van der Waals surface area contributed by atoms with Crippen LogP contribution in [-0.2, 0) is 0 Å². The molecule has 0 saturated carbocycles. The lowest BCUT2D eigenvalue weighted by molar-refractivity contribution is 0.0174. The number of likely N-dealkylation sites (tertiary alicyclic amines) is 1. The van der Waals surface area contributed by atoms with Crippen LogP contribution in [0.4, 0.5) is 0 Å². The van der Waals surface area contributed by atoms with Crippen molar-refractivity contribution in [1.29, 1.82) is 0 Å². The van der Waals surface area contributed by atoms with Crippen LogP contribution in [0.5, 0.6) is 0 Å². The highest BCUT2D eigenvalue weighted by Crippen LogP contribution is 2.19. The number of rotatable bonds is 5. The Morgan fingerprint density at radius 1 is 1.12 bits per heavy atom. The molecule has 25 heavy (non-hydrogen) atoms. The molecule has 0 amide bonds. The molecule has 7 heteroatoms. The van der Waals surface area contributed by atoms with Gasteiger partial charge in [-0.15, -0.1) is 24.0 Å². The molecule has 0 radical (unpaired) electrons. The second-order valence-electron chi connectivity index (χ2n) is 7.99. The van der Waals surface area contributed by atoms with Crippen molar-refractivity contribution >= 4 is 29.9 Å². The van der Waals surface area contributed by atoms with Crippen LogP contribution >= 0.6 is 24.0 Å². The summed E-state index contributed by atoms with van der Waals surface area (Å²) in [5.41, 5.74) is 0. The largest absolute Gasteiger partial charge is 0.357 e. The third kappa shape index (κ3) is 5.43. The van der Waals surface area contributed by atoms with Gasteiger partial charge in [0.15, 0.2) is 5.96 Å². The number of nitrogens with one attached hydrogen (secondary N) is 2. The molecule has 6 nitrogen and oxygen atoms in total. The van der Waals surface area contributed by atoms with E-state index in [2.05, 4.69) is 53.0 Å². The van der Waals surface area contributed by atoms with Gasteiger partial charge in [0.05, 0.1) is 6.54 Å². The van der Waals surface area contributed by atoms with E-state index in [1.807, 2.05) is 0 Å². The summed E-state index contributed by atoms with van der Waals surface area (Å²) in [6.45, 7) is 19.3. The summed E-state index contributed by atoms with van der Waals surface area (Å²) >= 11 is 0. The van der Waals surface area contributed by atoms with Crippen molar-refractivity contribution < 1.29 is 0 Å². The minimum absolute atomic E-state index is 0. The Kier molecular flexibility index (Phi) is 8.23. The Morgan fingerprint density at radius 3 is 2.36 bits per heavy atom. The molecule has 4 saturated heterocycles. The van der Waals surface area contributed by atoms with Crippen LogP contribution in [0.1, 0.15) is 27.7 Å². The van der Waals surface area contributed by atoms with Gasteiger partial charge in [0.25, 0.3) is 0 Å². The molecule has 0 aliphatic carbocycles. The Morgan fingerprint density at radius 2 is 1.84 bits per heavy atom. The van der Waals surface area contributed by atoms with Gasteiger partial charge >= 0.3 is 0 Å². The average Bonchev–Trinajstić information content (AvgIpc) is 2.95. The maximum absolute atomic E-state index is 4.93. The van der Waals surface area contributed by atoms with E-state index in [0.29, 0.717) is 24.0 Å². The van der Waals surface area contributed by atoms with Gasteiger partial charge in [-0.2, -0.15) is 0 Å². The molecular formula is C18H37IN6. The van der Waals surface area contributed by atoms with E-state index < -0.39 is 0 Å². The van der Waals surface area contributed by atoms with Gasteiger partial charge in [-0.3, -0.25) is 19.7 Å². The number of guanidine groups is 1. The summed E-state index contributed by atoms with van der Waals surface area (Å²) < 4.78 is 0. The monoisotopic (exact) mass is 464 g/mol. The summed E-state index contributed by atoms with van der Waals surface area (Å²) in [5.74, 6) is 1.66. The Balaban J connectivity index is 0.00000225. The SMILES string of the molecule is CCNC(=NCC1CN2CCN1CC2)NC1CN(C(C)C)CC1C.I. The first-order chi connectivity index (χ1) is 11.6. The Hall–Kier alpha value is -0.120. The summed E-state index contributed by atoms with van der Waals surface area (Å²) in [4.78, 5) is 12.7. The van der Waals surface area contributed by atoms with Crippen LogP contribution in [0.2, 0.25) is 0 Å². The summed E-state index contributed by atoms with van der Waals surface area (Å²) in [6, 6.07) is 1.71. The van der Waals surface area contributed by atoms with Crippen molar-refractivity contribution in [2.24, 2.45) is 10.9 Å². The van der Waals surface area contributed by atoms with Crippen molar-refractivity contribution in [3.63, 3.8) is 0 Å². The van der Waals surface area contributed by atoms with Crippen molar-refractivity contribution in [1.82, 2.24) is 25.3 Å². The molecule has 3 unspecified atom stereocenters. The van der Waals surface area contributed by atoms with Gasteiger partial charge in [0.2, 0.25) is 0 Å². The number of aliphatic imine (C=N–C) groups is 1. The number of fused-ring (bicyclic) bond motifs is 3. The normalized spacial score (nSPS) is 35.7. The summed E-state index contributed by atoms with van der Waals surface area (Å²) in [7, 11) is 0. The average molecular weight is 464 g/mol. The number of halogens is 1. The smallest absolute Gasteiger partial charge is 0.191 e. The van der Waals surface area contributed by atoms with Crippen molar-refractivity contribution in [2.75, 3.05) is 58.9 Å². The number of piperazine rings is 3. The van der Waals surface area contributed by atoms with Crippen LogP contribution < -0.4 is 10.6 Å². The minimum Gasteiger partial charge on any atom is -0.357 e. The first-order valence-electron chi connectivity index (χ1n) is 9.82. The van der Waals surface area contributed by atoms with Crippen LogP contribution in [0, 0.1) is 5.92 Å². The zero-order valence-electron chi connectivity index (χ0n) is 16.4. The summed E-state index contributed by atoms with van der Waals surface area (Å²) in [6.07, 6.45) is 0. The standard InChI is InChI=1S/C18H36N6.HI/c1-5-19-18(21-17-13-24(14(2)3)11-15(17)4)20-10-16-12-22-6-8-23(16)9-7-22;/h14-17H,5-13H2,1-4H3,(H2,19,20,21);1H.